The second-order valence-electron chi connectivity index (χ2n) is 13.1. The molecule has 0 unspecified atom stereocenters. The van der Waals surface area contributed by atoms with Crippen molar-refractivity contribution in [2.45, 2.75) is 38.8 Å². The van der Waals surface area contributed by atoms with Crippen LogP contribution in [0.5, 0.6) is 6.01 Å². The lowest BCUT2D eigenvalue weighted by Gasteiger charge is -2.38. The molecule has 46 heavy (non-hydrogen) atoms. The molecule has 0 N–H and O–H groups in total. The van der Waals surface area contributed by atoms with Gasteiger partial charge in [0, 0.05) is 81.1 Å². The van der Waals surface area contributed by atoms with Crippen LogP contribution in [0.2, 0.25) is 0 Å². The lowest BCUT2D eigenvalue weighted by Crippen LogP contribution is -2.49. The lowest BCUT2D eigenvalue weighted by molar-refractivity contribution is -0.126. The smallest absolute Gasteiger partial charge is 0.318 e. The molecule has 3 aromatic rings. The van der Waals surface area contributed by atoms with Crippen molar-refractivity contribution in [3.63, 3.8) is 0 Å². The Balaban J connectivity index is 1.09. The number of carbonyl (C=O) groups is 1. The molecule has 0 aliphatic carbocycles. The molecule has 3 fully saturated rings. The first-order valence-electron chi connectivity index (χ1n) is 17.0. The van der Waals surface area contributed by atoms with Crippen LogP contribution in [0.25, 0.3) is 10.8 Å². The first-order valence-corrected chi connectivity index (χ1v) is 17.0. The molecule has 0 spiro atoms. The number of benzene rings is 2. The van der Waals surface area contributed by atoms with Gasteiger partial charge in [0.1, 0.15) is 12.4 Å². The van der Waals surface area contributed by atoms with Crippen molar-refractivity contribution in [1.82, 2.24) is 24.7 Å². The molecule has 0 radical (unpaired) electrons. The van der Waals surface area contributed by atoms with E-state index in [4.69, 9.17) is 19.4 Å². The van der Waals surface area contributed by atoms with E-state index in [1.807, 2.05) is 11.0 Å². The summed E-state index contributed by atoms with van der Waals surface area (Å²) in [5.74, 6) is 1.06. The molecule has 0 saturated carbocycles. The zero-order valence-electron chi connectivity index (χ0n) is 27.4. The van der Waals surface area contributed by atoms with Crippen molar-refractivity contribution in [3.8, 4) is 6.01 Å². The number of aryl methyl sites for hydroxylation is 1. The number of likely N-dealkylation sites (tertiary alicyclic amines) is 1. The second-order valence-corrected chi connectivity index (χ2v) is 13.1. The maximum atomic E-state index is 13.0. The summed E-state index contributed by atoms with van der Waals surface area (Å²) in [6.07, 6.45) is 6.94. The predicted molar refractivity (Wildman–Crippen MR) is 182 cm³/mol. The average Bonchev–Trinajstić information content (AvgIpc) is 3.51. The van der Waals surface area contributed by atoms with E-state index in [2.05, 4.69) is 70.0 Å². The van der Waals surface area contributed by atoms with E-state index in [9.17, 15) is 4.79 Å². The molecule has 2 aromatic carbocycles. The van der Waals surface area contributed by atoms with Crippen molar-refractivity contribution in [2.75, 3.05) is 95.6 Å². The topological polar surface area (TPSA) is 77.5 Å². The molecule has 10 heteroatoms. The normalized spacial score (nSPS) is 21.3. The molecular weight excluding hydrogens is 578 g/mol. The summed E-state index contributed by atoms with van der Waals surface area (Å²) in [6, 6.07) is 14.0. The SMILES string of the molecule is Cc1cccc2cccc(N3CCc4c(nc(OC[C@@H]5CCCN5C)nc4N4CCN(C(=O)/C=C/CN5CCOCC5)CC4)C3)c12. The average molecular weight is 626 g/mol. The number of ether oxygens (including phenoxy) is 2. The molecule has 1 amide bonds. The number of amides is 1. The van der Waals surface area contributed by atoms with Gasteiger partial charge < -0.3 is 29.1 Å². The minimum Gasteiger partial charge on any atom is -0.462 e. The van der Waals surface area contributed by atoms with Gasteiger partial charge in [-0.15, -0.1) is 0 Å². The second kappa shape index (κ2) is 13.9. The lowest BCUT2D eigenvalue weighted by atomic mass is 9.99. The highest BCUT2D eigenvalue weighted by molar-refractivity contribution is 5.97. The molecule has 4 aliphatic rings. The Morgan fingerprint density at radius 2 is 1.78 bits per heavy atom. The highest BCUT2D eigenvalue weighted by Crippen LogP contribution is 2.35. The van der Waals surface area contributed by atoms with Crippen molar-refractivity contribution >= 4 is 28.2 Å². The van der Waals surface area contributed by atoms with Crippen LogP contribution in [0, 0.1) is 6.92 Å². The van der Waals surface area contributed by atoms with Gasteiger partial charge >= 0.3 is 6.01 Å². The number of hydrogen-bond acceptors (Lipinski definition) is 9. The van der Waals surface area contributed by atoms with Gasteiger partial charge in [0.2, 0.25) is 5.91 Å². The molecule has 10 nitrogen and oxygen atoms in total. The summed E-state index contributed by atoms with van der Waals surface area (Å²) in [5.41, 5.74) is 4.80. The van der Waals surface area contributed by atoms with Gasteiger partial charge in [-0.1, -0.05) is 36.4 Å². The van der Waals surface area contributed by atoms with E-state index in [-0.39, 0.29) is 5.91 Å². The number of likely N-dealkylation sites (N-methyl/N-ethyl adjacent to an activating group) is 1. The van der Waals surface area contributed by atoms with Crippen molar-refractivity contribution in [2.24, 2.45) is 0 Å². The standard InChI is InChI=1S/C36H47N7O3/c1-27-7-3-8-28-9-4-11-32(34(27)28)43-16-13-30-31(25-43)37-36(46-26-29-10-5-14-39(29)2)38-35(30)42-19-17-41(18-20-42)33(44)12-6-15-40-21-23-45-24-22-40/h3-4,6-9,11-12,29H,5,10,13-26H2,1-2H3/b12-6+/t29-/m0/s1. The monoisotopic (exact) mass is 625 g/mol. The van der Waals surface area contributed by atoms with Crippen LogP contribution in [0.4, 0.5) is 11.5 Å². The fraction of sp³-hybridized carbons (Fsp3) is 0.528. The van der Waals surface area contributed by atoms with Crippen LogP contribution >= 0.6 is 0 Å². The van der Waals surface area contributed by atoms with Crippen molar-refractivity contribution in [1.29, 1.82) is 0 Å². The van der Waals surface area contributed by atoms with Crippen LogP contribution in [-0.2, 0) is 22.5 Å². The van der Waals surface area contributed by atoms with Gasteiger partial charge in [-0.05, 0) is 56.8 Å². The highest BCUT2D eigenvalue weighted by Gasteiger charge is 2.30. The number of piperazine rings is 1. The molecule has 4 aliphatic heterocycles. The van der Waals surface area contributed by atoms with Crippen LogP contribution in [-0.4, -0.2) is 122 Å². The van der Waals surface area contributed by atoms with E-state index in [0.717, 1.165) is 83.4 Å². The number of hydrogen-bond donors (Lipinski definition) is 0. The van der Waals surface area contributed by atoms with Gasteiger partial charge in [0.25, 0.3) is 0 Å². The number of aromatic nitrogens is 2. The minimum atomic E-state index is 0.0864. The Bertz CT molecular complexity index is 1560. The predicted octanol–water partition coefficient (Wildman–Crippen LogP) is 3.51. The first kappa shape index (κ1) is 30.9. The molecule has 1 atom stereocenters. The van der Waals surface area contributed by atoms with E-state index >= 15 is 0 Å². The zero-order valence-corrected chi connectivity index (χ0v) is 27.4. The van der Waals surface area contributed by atoms with Gasteiger partial charge in [0.05, 0.1) is 25.5 Å². The Kier molecular flexibility index (Phi) is 9.37. The summed E-state index contributed by atoms with van der Waals surface area (Å²) in [4.78, 5) is 34.6. The third-order valence-electron chi connectivity index (χ3n) is 10.1. The van der Waals surface area contributed by atoms with E-state index in [0.29, 0.717) is 38.3 Å². The van der Waals surface area contributed by atoms with Crippen LogP contribution < -0.4 is 14.5 Å². The molecule has 1 aromatic heterocycles. The quantitative estimate of drug-likeness (QED) is 0.350. The van der Waals surface area contributed by atoms with Gasteiger partial charge in [0.15, 0.2) is 0 Å². The van der Waals surface area contributed by atoms with Gasteiger partial charge in [-0.25, -0.2) is 0 Å². The highest BCUT2D eigenvalue weighted by atomic mass is 16.5. The Hall–Kier alpha value is -3.73. The summed E-state index contributed by atoms with van der Waals surface area (Å²) in [5, 5.41) is 2.57. The number of rotatable bonds is 8. The first-order chi connectivity index (χ1) is 22.5. The minimum absolute atomic E-state index is 0.0864. The van der Waals surface area contributed by atoms with E-state index < -0.39 is 0 Å². The molecule has 0 bridgehead atoms. The largest absolute Gasteiger partial charge is 0.462 e. The zero-order chi connectivity index (χ0) is 31.5. The molecule has 7 rings (SSSR count). The maximum absolute atomic E-state index is 13.0. The summed E-state index contributed by atoms with van der Waals surface area (Å²) < 4.78 is 11.8. The fourth-order valence-corrected chi connectivity index (χ4v) is 7.38. The van der Waals surface area contributed by atoms with Crippen molar-refractivity contribution in [3.05, 3.63) is 65.4 Å². The number of morpholine rings is 1. The van der Waals surface area contributed by atoms with Crippen LogP contribution in [0.3, 0.4) is 0 Å². The van der Waals surface area contributed by atoms with E-state index in [1.54, 1.807) is 6.08 Å². The van der Waals surface area contributed by atoms with Crippen molar-refractivity contribution < 1.29 is 14.3 Å². The summed E-state index contributed by atoms with van der Waals surface area (Å²) >= 11 is 0. The van der Waals surface area contributed by atoms with Crippen LogP contribution in [0.1, 0.15) is 29.7 Å². The number of carbonyl (C=O) groups excluding carboxylic acids is 1. The Morgan fingerprint density at radius 3 is 2.57 bits per heavy atom. The van der Waals surface area contributed by atoms with Gasteiger partial charge in [-0.3, -0.25) is 9.69 Å². The molecule has 5 heterocycles. The maximum Gasteiger partial charge on any atom is 0.318 e. The summed E-state index contributed by atoms with van der Waals surface area (Å²) in [7, 11) is 2.17. The third kappa shape index (κ3) is 6.70. The number of nitrogens with zero attached hydrogens (tertiary/aromatic N) is 7. The Labute approximate surface area is 272 Å². The third-order valence-corrected chi connectivity index (χ3v) is 10.1. The Morgan fingerprint density at radius 1 is 0.978 bits per heavy atom. The molecule has 244 valence electrons. The number of anilines is 2. The number of fused-ring (bicyclic) bond motifs is 2. The fourth-order valence-electron chi connectivity index (χ4n) is 7.38. The van der Waals surface area contributed by atoms with Crippen LogP contribution in [0.15, 0.2) is 48.6 Å². The molecular formula is C36H47N7O3. The van der Waals surface area contributed by atoms with Gasteiger partial charge in [-0.2, -0.15) is 9.97 Å². The van der Waals surface area contributed by atoms with E-state index in [1.165, 1.54) is 34.0 Å². The molecule has 3 saturated heterocycles. The summed E-state index contributed by atoms with van der Waals surface area (Å²) in [6.45, 7) is 12.5.